The van der Waals surface area contributed by atoms with Gasteiger partial charge in [0.05, 0.1) is 7.11 Å². The molecule has 0 aliphatic carbocycles. The van der Waals surface area contributed by atoms with Crippen LogP contribution in [0.15, 0.2) is 30.3 Å². The number of carbonyl (C=O) groups is 5. The molecule has 0 spiro atoms. The predicted molar refractivity (Wildman–Crippen MR) is 153 cm³/mol. The summed E-state index contributed by atoms with van der Waals surface area (Å²) in [5, 5.41) is 10.9. The van der Waals surface area contributed by atoms with Crippen LogP contribution in [0, 0.1) is 5.92 Å². The Morgan fingerprint density at radius 1 is 0.949 bits per heavy atom. The van der Waals surface area contributed by atoms with Gasteiger partial charge in [-0.3, -0.25) is 19.2 Å². The van der Waals surface area contributed by atoms with Crippen molar-refractivity contribution < 1.29 is 28.7 Å². The van der Waals surface area contributed by atoms with E-state index in [2.05, 4.69) is 21.3 Å². The molecule has 0 saturated heterocycles. The van der Waals surface area contributed by atoms with Crippen molar-refractivity contribution in [3.8, 4) is 0 Å². The van der Waals surface area contributed by atoms with Crippen molar-refractivity contribution in [3.63, 3.8) is 0 Å². The highest BCUT2D eigenvalue weighted by Crippen LogP contribution is 2.09. The van der Waals surface area contributed by atoms with Gasteiger partial charge in [0.1, 0.15) is 18.1 Å². The van der Waals surface area contributed by atoms with Crippen molar-refractivity contribution in [2.24, 2.45) is 5.92 Å². The minimum Gasteiger partial charge on any atom is -0.467 e. The van der Waals surface area contributed by atoms with Crippen LogP contribution in [-0.4, -0.2) is 73.9 Å². The average molecular weight is 565 g/mol. The fourth-order valence-corrected chi connectivity index (χ4v) is 4.43. The monoisotopic (exact) mass is 564 g/mol. The molecule has 0 fully saturated rings. The van der Waals surface area contributed by atoms with E-state index in [9.17, 15) is 24.0 Å². The van der Waals surface area contributed by atoms with Crippen LogP contribution in [-0.2, 0) is 35.1 Å². The summed E-state index contributed by atoms with van der Waals surface area (Å²) >= 11 is 1.57. The quantitative estimate of drug-likeness (QED) is 0.108. The number of thioether (sulfide) groups is 1. The number of hydrogen-bond acceptors (Lipinski definition) is 7. The van der Waals surface area contributed by atoms with Crippen LogP contribution in [0.3, 0.4) is 0 Å². The molecule has 11 heteroatoms. The molecule has 0 radical (unpaired) electrons. The molecule has 1 aromatic carbocycles. The summed E-state index contributed by atoms with van der Waals surface area (Å²) in [6.07, 6.45) is 5.93. The number of ether oxygens (including phenoxy) is 1. The van der Waals surface area contributed by atoms with E-state index in [1.165, 1.54) is 7.11 Å². The molecule has 0 aliphatic rings. The smallest absolute Gasteiger partial charge is 0.328 e. The number of unbranched alkanes of at least 4 members (excludes halogenated alkanes) is 2. The summed E-state index contributed by atoms with van der Waals surface area (Å²) in [5.74, 6) is -0.486. The van der Waals surface area contributed by atoms with Crippen molar-refractivity contribution in [3.05, 3.63) is 35.9 Å². The highest BCUT2D eigenvalue weighted by atomic mass is 32.2. The van der Waals surface area contributed by atoms with Gasteiger partial charge in [0, 0.05) is 19.4 Å². The molecular weight excluding hydrogens is 520 g/mol. The van der Waals surface area contributed by atoms with Crippen LogP contribution < -0.4 is 21.3 Å². The van der Waals surface area contributed by atoms with E-state index in [0.29, 0.717) is 57.2 Å². The molecule has 4 N–H and O–H groups in total. The van der Waals surface area contributed by atoms with Crippen LogP contribution in [0.5, 0.6) is 0 Å². The van der Waals surface area contributed by atoms with Gasteiger partial charge in [-0.25, -0.2) is 4.79 Å². The number of hydrogen-bond donors (Lipinski definition) is 4. The standard InChI is InChI=1S/C28H44N4O6S/c1-20(2)17-23(32-27(36)22(30-19-33)14-16-39-4)26(35)29-15-10-6-9-13-25(34)31-24(28(37)38-3)18-21-11-7-5-8-12-21/h5,7-8,11-12,19-20,22-24H,6,9-10,13-18H2,1-4H3,(H,29,35)(H,30,33)(H,31,34)(H,32,36)/t22-,23-,24-/m0/s1. The Bertz CT molecular complexity index is 899. The summed E-state index contributed by atoms with van der Waals surface area (Å²) in [4.78, 5) is 60.9. The zero-order valence-electron chi connectivity index (χ0n) is 23.5. The maximum atomic E-state index is 12.8. The van der Waals surface area contributed by atoms with Gasteiger partial charge >= 0.3 is 5.97 Å². The van der Waals surface area contributed by atoms with Gasteiger partial charge in [-0.15, -0.1) is 0 Å². The van der Waals surface area contributed by atoms with Crippen molar-refractivity contribution in [2.75, 3.05) is 25.7 Å². The fourth-order valence-electron chi connectivity index (χ4n) is 3.96. The minimum absolute atomic E-state index is 0.180. The number of rotatable bonds is 20. The molecule has 4 amide bonds. The Morgan fingerprint density at radius 2 is 1.67 bits per heavy atom. The van der Waals surface area contributed by atoms with Crippen molar-refractivity contribution in [1.82, 2.24) is 21.3 Å². The zero-order chi connectivity index (χ0) is 29.0. The van der Waals surface area contributed by atoms with Gasteiger partial charge in [-0.1, -0.05) is 50.6 Å². The summed E-state index contributed by atoms with van der Waals surface area (Å²) in [5.41, 5.74) is 0.923. The van der Waals surface area contributed by atoms with Gasteiger partial charge in [0.25, 0.3) is 0 Å². The summed E-state index contributed by atoms with van der Waals surface area (Å²) in [6, 6.07) is 7.27. The molecule has 1 aromatic rings. The Morgan fingerprint density at radius 3 is 2.28 bits per heavy atom. The number of benzene rings is 1. The molecular formula is C28H44N4O6S. The third-order valence-electron chi connectivity index (χ3n) is 6.02. The van der Waals surface area contributed by atoms with Crippen LogP contribution >= 0.6 is 11.8 Å². The molecule has 0 heterocycles. The highest BCUT2D eigenvalue weighted by Gasteiger charge is 2.26. The Hall–Kier alpha value is -3.08. The van der Waals surface area contributed by atoms with Gasteiger partial charge in [-0.2, -0.15) is 11.8 Å². The van der Waals surface area contributed by atoms with Gasteiger partial charge in [0.15, 0.2) is 0 Å². The van der Waals surface area contributed by atoms with Gasteiger partial charge in [-0.05, 0) is 49.2 Å². The Balaban J connectivity index is 2.45. The lowest BCUT2D eigenvalue weighted by Gasteiger charge is -2.23. The lowest BCUT2D eigenvalue weighted by molar-refractivity contribution is -0.145. The molecule has 0 aromatic heterocycles. The second kappa shape index (κ2) is 19.9. The molecule has 39 heavy (non-hydrogen) atoms. The Kier molecular flexibility index (Phi) is 17.3. The number of methoxy groups -OCH3 is 1. The van der Waals surface area contributed by atoms with E-state index in [0.717, 1.165) is 5.56 Å². The topological polar surface area (TPSA) is 143 Å². The normalized spacial score (nSPS) is 13.1. The van der Waals surface area contributed by atoms with Gasteiger partial charge < -0.3 is 26.0 Å². The molecule has 0 bridgehead atoms. The molecule has 10 nitrogen and oxygen atoms in total. The first-order chi connectivity index (χ1) is 18.7. The van der Waals surface area contributed by atoms with E-state index in [1.54, 1.807) is 11.8 Å². The first kappa shape index (κ1) is 33.9. The first-order valence-electron chi connectivity index (χ1n) is 13.4. The largest absolute Gasteiger partial charge is 0.467 e. The van der Waals surface area contributed by atoms with Crippen LogP contribution in [0.2, 0.25) is 0 Å². The molecule has 0 unspecified atom stereocenters. The highest BCUT2D eigenvalue weighted by molar-refractivity contribution is 7.98. The zero-order valence-corrected chi connectivity index (χ0v) is 24.3. The first-order valence-corrected chi connectivity index (χ1v) is 14.8. The number of nitrogens with one attached hydrogen (secondary N) is 4. The molecule has 0 saturated carbocycles. The van der Waals surface area contributed by atoms with Gasteiger partial charge in [0.2, 0.25) is 24.1 Å². The van der Waals surface area contributed by atoms with Crippen molar-refractivity contribution >= 4 is 41.9 Å². The lowest BCUT2D eigenvalue weighted by atomic mass is 10.0. The number of carbonyl (C=O) groups excluding carboxylic acids is 5. The lowest BCUT2D eigenvalue weighted by Crippen LogP contribution is -2.53. The maximum absolute atomic E-state index is 12.8. The molecule has 218 valence electrons. The second-order valence-electron chi connectivity index (χ2n) is 9.74. The summed E-state index contributed by atoms with van der Waals surface area (Å²) in [7, 11) is 1.30. The van der Waals surface area contributed by atoms with Crippen LogP contribution in [0.1, 0.15) is 57.9 Å². The molecule has 0 aliphatic heterocycles. The SMILES string of the molecule is COC(=O)[C@H](Cc1ccccc1)NC(=O)CCCCCNC(=O)[C@H](CC(C)C)NC(=O)[C@H](CCSC)NC=O. The van der Waals surface area contributed by atoms with E-state index in [-0.39, 0.29) is 30.1 Å². The van der Waals surface area contributed by atoms with E-state index < -0.39 is 24.1 Å². The van der Waals surface area contributed by atoms with E-state index in [1.807, 2.05) is 50.4 Å². The fraction of sp³-hybridized carbons (Fsp3) is 0.607. The van der Waals surface area contributed by atoms with E-state index >= 15 is 0 Å². The predicted octanol–water partition coefficient (Wildman–Crippen LogP) is 1.96. The average Bonchev–Trinajstić information content (AvgIpc) is 2.91. The molecule has 1 rings (SSSR count). The summed E-state index contributed by atoms with van der Waals surface area (Å²) < 4.78 is 4.83. The minimum atomic E-state index is -0.751. The summed E-state index contributed by atoms with van der Waals surface area (Å²) in [6.45, 7) is 4.35. The van der Waals surface area contributed by atoms with Crippen molar-refractivity contribution in [1.29, 1.82) is 0 Å². The third-order valence-corrected chi connectivity index (χ3v) is 6.66. The van der Waals surface area contributed by atoms with Crippen LogP contribution in [0.25, 0.3) is 0 Å². The Labute approximate surface area is 236 Å². The second-order valence-corrected chi connectivity index (χ2v) is 10.7. The van der Waals surface area contributed by atoms with E-state index in [4.69, 9.17) is 4.74 Å². The third kappa shape index (κ3) is 14.6. The van der Waals surface area contributed by atoms with Crippen LogP contribution in [0.4, 0.5) is 0 Å². The van der Waals surface area contributed by atoms with Crippen molar-refractivity contribution in [2.45, 2.75) is 76.9 Å². The number of amides is 4. The maximum Gasteiger partial charge on any atom is 0.328 e. The number of esters is 1. The molecule has 3 atom stereocenters.